The molecule has 6 nitrogen and oxygen atoms in total. The molecule has 2 aliphatic heterocycles. The van der Waals surface area contributed by atoms with Gasteiger partial charge in [-0.15, -0.1) is 12.4 Å². The Bertz CT molecular complexity index is 931. The van der Waals surface area contributed by atoms with Crippen molar-refractivity contribution in [1.29, 1.82) is 0 Å². The molecule has 0 spiro atoms. The van der Waals surface area contributed by atoms with Crippen LogP contribution in [0.4, 0.5) is 9.18 Å². The Morgan fingerprint density at radius 3 is 2.56 bits per heavy atom. The zero-order chi connectivity index (χ0) is 22.0. The lowest BCUT2D eigenvalue weighted by molar-refractivity contribution is 0.0111. The number of carbonyl (C=O) groups excluding carboxylic acids is 1. The lowest BCUT2D eigenvalue weighted by atomic mass is 9.81. The van der Waals surface area contributed by atoms with Gasteiger partial charge in [-0.25, -0.2) is 9.18 Å². The van der Waals surface area contributed by atoms with Gasteiger partial charge in [-0.05, 0) is 62.9 Å². The molecule has 1 fully saturated rings. The molecule has 32 heavy (non-hydrogen) atoms. The van der Waals surface area contributed by atoms with Crippen LogP contribution in [0.1, 0.15) is 38.7 Å². The first-order valence-corrected chi connectivity index (χ1v) is 10.5. The van der Waals surface area contributed by atoms with Crippen LogP contribution in [0.5, 0.6) is 17.2 Å². The highest BCUT2D eigenvalue weighted by Gasteiger charge is 2.35. The van der Waals surface area contributed by atoms with Gasteiger partial charge in [0, 0.05) is 25.1 Å². The van der Waals surface area contributed by atoms with Crippen LogP contribution in [0.2, 0.25) is 0 Å². The van der Waals surface area contributed by atoms with E-state index >= 15 is 0 Å². The maximum absolute atomic E-state index is 13.4. The normalized spacial score (nSPS) is 19.8. The Morgan fingerprint density at radius 2 is 1.84 bits per heavy atom. The highest BCUT2D eigenvalue weighted by molar-refractivity contribution is 5.85. The SMILES string of the molecule is CC(C)(C)OC(=O)N1CC[C@@H](c2ccc(F)cc2)[C@H](COc2ccc3c(c2)OCO3)C1.Cl. The standard InChI is InChI=1S/C24H28FNO5.ClH/c1-24(2,3)31-23(27)26-11-10-20(16-4-6-18(25)7-5-16)17(13-26)14-28-19-8-9-21-22(12-19)30-15-29-21;/h4-9,12,17,20H,10-11,13-15H2,1-3H3;1H/t17-,20-;/m0./s1. The van der Waals surface area contributed by atoms with E-state index in [0.717, 1.165) is 12.0 Å². The number of halogens is 2. The Labute approximate surface area is 194 Å². The average Bonchev–Trinajstić information content (AvgIpc) is 3.19. The molecule has 0 radical (unpaired) electrons. The molecule has 1 saturated heterocycles. The molecule has 2 aliphatic rings. The molecule has 0 aromatic heterocycles. The first kappa shape index (κ1) is 24.0. The third-order valence-electron chi connectivity index (χ3n) is 5.49. The van der Waals surface area contributed by atoms with Gasteiger partial charge in [-0.2, -0.15) is 0 Å². The molecular weight excluding hydrogens is 437 g/mol. The largest absolute Gasteiger partial charge is 0.493 e. The summed E-state index contributed by atoms with van der Waals surface area (Å²) in [6, 6.07) is 12.1. The second kappa shape index (κ2) is 9.86. The maximum atomic E-state index is 13.4. The van der Waals surface area contributed by atoms with Crippen LogP contribution < -0.4 is 14.2 Å². The maximum Gasteiger partial charge on any atom is 0.410 e. The third-order valence-corrected chi connectivity index (χ3v) is 5.49. The summed E-state index contributed by atoms with van der Waals surface area (Å²) in [4.78, 5) is 14.4. The number of piperidine rings is 1. The molecule has 0 unspecified atom stereocenters. The molecule has 1 amide bonds. The Balaban J connectivity index is 0.00000289. The molecule has 0 saturated carbocycles. The number of ether oxygens (including phenoxy) is 4. The quantitative estimate of drug-likeness (QED) is 0.605. The molecule has 4 rings (SSSR count). The smallest absolute Gasteiger partial charge is 0.410 e. The van der Waals surface area contributed by atoms with Crippen LogP contribution in [0, 0.1) is 11.7 Å². The summed E-state index contributed by atoms with van der Waals surface area (Å²) in [5.41, 5.74) is 0.494. The van der Waals surface area contributed by atoms with Crippen molar-refractivity contribution < 1.29 is 28.1 Å². The van der Waals surface area contributed by atoms with Crippen molar-refractivity contribution in [2.24, 2.45) is 5.92 Å². The summed E-state index contributed by atoms with van der Waals surface area (Å²) in [5, 5.41) is 0. The molecule has 0 bridgehead atoms. The number of benzene rings is 2. The van der Waals surface area contributed by atoms with Gasteiger partial charge < -0.3 is 23.8 Å². The van der Waals surface area contributed by atoms with Crippen molar-refractivity contribution in [3.8, 4) is 17.2 Å². The summed E-state index contributed by atoms with van der Waals surface area (Å²) in [6.07, 6.45) is 0.429. The van der Waals surface area contributed by atoms with E-state index in [1.165, 1.54) is 12.1 Å². The summed E-state index contributed by atoms with van der Waals surface area (Å²) in [5.74, 6) is 1.95. The number of fused-ring (bicyclic) bond motifs is 1. The summed E-state index contributed by atoms with van der Waals surface area (Å²) in [6.45, 7) is 7.27. The molecule has 8 heteroatoms. The van der Waals surface area contributed by atoms with E-state index in [-0.39, 0.29) is 42.9 Å². The molecule has 2 atom stereocenters. The van der Waals surface area contributed by atoms with Crippen molar-refractivity contribution in [2.75, 3.05) is 26.5 Å². The van der Waals surface area contributed by atoms with E-state index < -0.39 is 5.60 Å². The number of hydrogen-bond donors (Lipinski definition) is 0. The van der Waals surface area contributed by atoms with Crippen molar-refractivity contribution in [1.82, 2.24) is 4.90 Å². The number of rotatable bonds is 4. The first-order chi connectivity index (χ1) is 14.8. The zero-order valence-corrected chi connectivity index (χ0v) is 19.3. The predicted molar refractivity (Wildman–Crippen MR) is 120 cm³/mol. The topological polar surface area (TPSA) is 57.2 Å². The van der Waals surface area contributed by atoms with Gasteiger partial charge in [-0.3, -0.25) is 0 Å². The van der Waals surface area contributed by atoms with Crippen LogP contribution in [0.15, 0.2) is 42.5 Å². The highest BCUT2D eigenvalue weighted by Crippen LogP contribution is 2.37. The van der Waals surface area contributed by atoms with Gasteiger partial charge in [0.25, 0.3) is 0 Å². The number of nitrogens with zero attached hydrogens (tertiary/aromatic N) is 1. The van der Waals surface area contributed by atoms with Gasteiger partial charge in [0.1, 0.15) is 17.2 Å². The van der Waals surface area contributed by atoms with Crippen LogP contribution in [0.25, 0.3) is 0 Å². The van der Waals surface area contributed by atoms with Crippen LogP contribution in [-0.4, -0.2) is 43.1 Å². The first-order valence-electron chi connectivity index (χ1n) is 10.5. The second-order valence-corrected chi connectivity index (χ2v) is 8.96. The van der Waals surface area contributed by atoms with Gasteiger partial charge in [0.15, 0.2) is 11.5 Å². The van der Waals surface area contributed by atoms with Crippen molar-refractivity contribution in [2.45, 2.75) is 38.7 Å². The highest BCUT2D eigenvalue weighted by atomic mass is 35.5. The van der Waals surface area contributed by atoms with Gasteiger partial charge in [-0.1, -0.05) is 12.1 Å². The molecular formula is C24H29ClFNO5. The summed E-state index contributed by atoms with van der Waals surface area (Å²) >= 11 is 0. The van der Waals surface area contributed by atoms with Gasteiger partial charge in [0.2, 0.25) is 6.79 Å². The Kier molecular flexibility index (Phi) is 7.39. The summed E-state index contributed by atoms with van der Waals surface area (Å²) in [7, 11) is 0. The van der Waals surface area contributed by atoms with Crippen LogP contribution >= 0.6 is 12.4 Å². The van der Waals surface area contributed by atoms with E-state index in [4.69, 9.17) is 18.9 Å². The number of likely N-dealkylation sites (tertiary alicyclic amines) is 1. The third kappa shape index (κ3) is 5.76. The van der Waals surface area contributed by atoms with Gasteiger partial charge in [0.05, 0.1) is 6.61 Å². The number of carbonyl (C=O) groups is 1. The van der Waals surface area contributed by atoms with Crippen molar-refractivity contribution in [3.05, 3.63) is 53.8 Å². The molecule has 2 aromatic carbocycles. The fraction of sp³-hybridized carbons (Fsp3) is 0.458. The van der Waals surface area contributed by atoms with E-state index in [1.807, 2.05) is 51.1 Å². The minimum atomic E-state index is -0.552. The minimum absolute atomic E-state index is 0. The zero-order valence-electron chi connectivity index (χ0n) is 18.5. The molecule has 0 aliphatic carbocycles. The Hall–Kier alpha value is -2.67. The lowest BCUT2D eigenvalue weighted by Crippen LogP contribution is -2.46. The molecule has 2 aromatic rings. The fourth-order valence-corrected chi connectivity index (χ4v) is 4.01. The molecule has 0 N–H and O–H groups in total. The van der Waals surface area contributed by atoms with E-state index in [0.29, 0.717) is 36.9 Å². The fourth-order valence-electron chi connectivity index (χ4n) is 4.01. The number of hydrogen-bond acceptors (Lipinski definition) is 5. The van der Waals surface area contributed by atoms with E-state index in [9.17, 15) is 9.18 Å². The lowest BCUT2D eigenvalue weighted by Gasteiger charge is -2.39. The van der Waals surface area contributed by atoms with Crippen molar-refractivity contribution in [3.63, 3.8) is 0 Å². The molecule has 2 heterocycles. The van der Waals surface area contributed by atoms with E-state index in [2.05, 4.69) is 0 Å². The van der Waals surface area contributed by atoms with Crippen LogP contribution in [0.3, 0.4) is 0 Å². The average molecular weight is 466 g/mol. The van der Waals surface area contributed by atoms with Gasteiger partial charge >= 0.3 is 6.09 Å². The summed E-state index contributed by atoms with van der Waals surface area (Å²) < 4.78 is 35.9. The van der Waals surface area contributed by atoms with Crippen molar-refractivity contribution >= 4 is 18.5 Å². The predicted octanol–water partition coefficient (Wildman–Crippen LogP) is 5.40. The molecule has 174 valence electrons. The van der Waals surface area contributed by atoms with E-state index in [1.54, 1.807) is 4.90 Å². The van der Waals surface area contributed by atoms with Crippen LogP contribution in [-0.2, 0) is 4.74 Å². The Morgan fingerprint density at radius 1 is 1.12 bits per heavy atom. The monoisotopic (exact) mass is 465 g/mol. The minimum Gasteiger partial charge on any atom is -0.493 e. The number of amides is 1. The second-order valence-electron chi connectivity index (χ2n) is 8.96.